The summed E-state index contributed by atoms with van der Waals surface area (Å²) in [6.45, 7) is 6.82. The first kappa shape index (κ1) is 16.4. The first-order valence-electron chi connectivity index (χ1n) is 7.15. The number of anilines is 2. The maximum Gasteiger partial charge on any atom is 0.323 e. The quantitative estimate of drug-likeness (QED) is 0.600. The molecule has 7 nitrogen and oxygen atoms in total. The van der Waals surface area contributed by atoms with E-state index in [-0.39, 0.29) is 0 Å². The van der Waals surface area contributed by atoms with E-state index < -0.39 is 0 Å². The minimum absolute atomic E-state index is 0.348. The zero-order chi connectivity index (χ0) is 14.6. The van der Waals surface area contributed by atoms with Crippen molar-refractivity contribution in [1.29, 1.82) is 0 Å². The van der Waals surface area contributed by atoms with E-state index in [4.69, 9.17) is 9.47 Å². The van der Waals surface area contributed by atoms with Crippen LogP contribution in [0.15, 0.2) is 0 Å². The molecule has 1 aromatic rings. The molecule has 0 spiro atoms. The Bertz CT molecular complexity index is 352. The van der Waals surface area contributed by atoms with Gasteiger partial charge in [0.2, 0.25) is 11.9 Å². The van der Waals surface area contributed by atoms with Gasteiger partial charge in [-0.15, -0.1) is 0 Å². The number of rotatable bonds is 11. The third kappa shape index (κ3) is 6.51. The van der Waals surface area contributed by atoms with E-state index in [1.165, 1.54) is 0 Å². The van der Waals surface area contributed by atoms with Crippen LogP contribution in [0.25, 0.3) is 0 Å². The van der Waals surface area contributed by atoms with Crippen molar-refractivity contribution in [1.82, 2.24) is 15.0 Å². The molecule has 0 unspecified atom stereocenters. The lowest BCUT2D eigenvalue weighted by molar-refractivity contribution is 0.192. The average Bonchev–Trinajstić information content (AvgIpc) is 2.43. The van der Waals surface area contributed by atoms with Crippen LogP contribution < -0.4 is 15.4 Å². The molecule has 0 fully saturated rings. The van der Waals surface area contributed by atoms with Gasteiger partial charge in [0.25, 0.3) is 0 Å². The van der Waals surface area contributed by atoms with Crippen molar-refractivity contribution in [3.8, 4) is 6.01 Å². The van der Waals surface area contributed by atoms with Gasteiger partial charge in [-0.25, -0.2) is 0 Å². The Hall–Kier alpha value is -1.63. The summed E-state index contributed by atoms with van der Waals surface area (Å²) in [5, 5.41) is 6.26. The van der Waals surface area contributed by atoms with Crippen molar-refractivity contribution in [3.05, 3.63) is 0 Å². The first-order valence-corrected chi connectivity index (χ1v) is 7.15. The lowest BCUT2D eigenvalue weighted by atomic mass is 10.2. The third-order valence-corrected chi connectivity index (χ3v) is 2.53. The predicted octanol–water partition coefficient (Wildman–Crippen LogP) is 1.93. The molecule has 0 aliphatic carbocycles. The minimum Gasteiger partial charge on any atom is -0.464 e. The average molecular weight is 283 g/mol. The Morgan fingerprint density at radius 2 is 1.70 bits per heavy atom. The smallest absolute Gasteiger partial charge is 0.323 e. The lowest BCUT2D eigenvalue weighted by Gasteiger charge is -2.09. The maximum absolute atomic E-state index is 5.33. The van der Waals surface area contributed by atoms with Crippen LogP contribution in [-0.4, -0.2) is 48.4 Å². The van der Waals surface area contributed by atoms with Crippen molar-refractivity contribution in [2.45, 2.75) is 33.1 Å². The molecule has 0 saturated carbocycles. The molecule has 7 heteroatoms. The van der Waals surface area contributed by atoms with Crippen LogP contribution in [0, 0.1) is 0 Å². The fourth-order valence-corrected chi connectivity index (χ4v) is 1.61. The molecule has 2 N–H and O–H groups in total. The van der Waals surface area contributed by atoms with Crippen LogP contribution in [0.4, 0.5) is 11.9 Å². The van der Waals surface area contributed by atoms with Gasteiger partial charge in [0.15, 0.2) is 0 Å². The SMILES string of the molecule is CCNc1nc(NCCCCCOC)nc(OCC)n1. The van der Waals surface area contributed by atoms with Crippen molar-refractivity contribution in [3.63, 3.8) is 0 Å². The van der Waals surface area contributed by atoms with Crippen LogP contribution >= 0.6 is 0 Å². The molecule has 0 amide bonds. The second-order valence-electron chi connectivity index (χ2n) is 4.21. The molecule has 0 bridgehead atoms. The lowest BCUT2D eigenvalue weighted by Crippen LogP contribution is -2.11. The van der Waals surface area contributed by atoms with Crippen LogP contribution in [-0.2, 0) is 4.74 Å². The number of aromatic nitrogens is 3. The number of ether oxygens (including phenoxy) is 2. The monoisotopic (exact) mass is 283 g/mol. The van der Waals surface area contributed by atoms with Crippen LogP contribution in [0.2, 0.25) is 0 Å². The topological polar surface area (TPSA) is 81.2 Å². The molecular weight excluding hydrogens is 258 g/mol. The Labute approximate surface area is 120 Å². The number of unbranched alkanes of at least 4 members (excludes halogenated alkanes) is 2. The maximum atomic E-state index is 5.33. The Balaban J connectivity index is 2.46. The molecule has 0 atom stereocenters. The fourth-order valence-electron chi connectivity index (χ4n) is 1.61. The van der Waals surface area contributed by atoms with Crippen molar-refractivity contribution in [2.24, 2.45) is 0 Å². The normalized spacial score (nSPS) is 10.3. The van der Waals surface area contributed by atoms with Gasteiger partial charge in [-0.05, 0) is 33.1 Å². The van der Waals surface area contributed by atoms with E-state index in [0.29, 0.717) is 24.5 Å². The highest BCUT2D eigenvalue weighted by Crippen LogP contribution is 2.11. The number of nitrogens with one attached hydrogen (secondary N) is 2. The summed E-state index contributed by atoms with van der Waals surface area (Å²) < 4.78 is 10.3. The zero-order valence-electron chi connectivity index (χ0n) is 12.6. The summed E-state index contributed by atoms with van der Waals surface area (Å²) in [4.78, 5) is 12.7. The summed E-state index contributed by atoms with van der Waals surface area (Å²) in [6, 6.07) is 0.348. The molecular formula is C13H25N5O2. The van der Waals surface area contributed by atoms with Crippen molar-refractivity contribution < 1.29 is 9.47 Å². The van der Waals surface area contributed by atoms with Gasteiger partial charge in [-0.3, -0.25) is 0 Å². The second kappa shape index (κ2) is 10.2. The third-order valence-electron chi connectivity index (χ3n) is 2.53. The standard InChI is InChI=1S/C13H25N5O2/c1-4-14-11-16-12(18-13(17-11)20-5-2)15-9-7-6-8-10-19-3/h4-10H2,1-3H3,(H2,14,15,16,17,18). The summed E-state index contributed by atoms with van der Waals surface area (Å²) in [6.07, 6.45) is 3.24. The van der Waals surface area contributed by atoms with Crippen molar-refractivity contribution in [2.75, 3.05) is 44.0 Å². The van der Waals surface area contributed by atoms with Gasteiger partial charge in [0.1, 0.15) is 0 Å². The van der Waals surface area contributed by atoms with Gasteiger partial charge < -0.3 is 20.1 Å². The highest BCUT2D eigenvalue weighted by atomic mass is 16.5. The number of hydrogen-bond acceptors (Lipinski definition) is 7. The summed E-state index contributed by atoms with van der Waals surface area (Å²) in [7, 11) is 1.72. The van der Waals surface area contributed by atoms with Gasteiger partial charge in [0.05, 0.1) is 6.61 Å². The molecule has 0 aliphatic rings. The highest BCUT2D eigenvalue weighted by molar-refractivity contribution is 5.35. The van der Waals surface area contributed by atoms with E-state index in [1.54, 1.807) is 7.11 Å². The minimum atomic E-state index is 0.348. The van der Waals surface area contributed by atoms with E-state index in [2.05, 4.69) is 25.6 Å². The molecule has 0 radical (unpaired) electrons. The largest absolute Gasteiger partial charge is 0.464 e. The predicted molar refractivity (Wildman–Crippen MR) is 79.4 cm³/mol. The van der Waals surface area contributed by atoms with Crippen LogP contribution in [0.3, 0.4) is 0 Å². The summed E-state index contributed by atoms with van der Waals surface area (Å²) in [5.74, 6) is 1.08. The molecule has 0 aliphatic heterocycles. The molecule has 1 rings (SSSR count). The van der Waals surface area contributed by atoms with Crippen LogP contribution in [0.5, 0.6) is 6.01 Å². The summed E-state index contributed by atoms with van der Waals surface area (Å²) >= 11 is 0. The molecule has 1 aromatic heterocycles. The number of nitrogens with zero attached hydrogens (tertiary/aromatic N) is 3. The van der Waals surface area contributed by atoms with Crippen LogP contribution in [0.1, 0.15) is 33.1 Å². The number of hydrogen-bond donors (Lipinski definition) is 2. The van der Waals surface area contributed by atoms with E-state index in [0.717, 1.165) is 39.0 Å². The van der Waals surface area contributed by atoms with E-state index in [9.17, 15) is 0 Å². The van der Waals surface area contributed by atoms with Gasteiger partial charge in [-0.1, -0.05) is 0 Å². The van der Waals surface area contributed by atoms with Gasteiger partial charge in [-0.2, -0.15) is 15.0 Å². The highest BCUT2D eigenvalue weighted by Gasteiger charge is 2.06. The Morgan fingerprint density at radius 3 is 2.35 bits per heavy atom. The van der Waals surface area contributed by atoms with Crippen molar-refractivity contribution >= 4 is 11.9 Å². The molecule has 20 heavy (non-hydrogen) atoms. The molecule has 1 heterocycles. The molecule has 0 aromatic carbocycles. The Morgan fingerprint density at radius 1 is 0.950 bits per heavy atom. The summed E-state index contributed by atoms with van der Waals surface area (Å²) in [5.41, 5.74) is 0. The zero-order valence-corrected chi connectivity index (χ0v) is 12.6. The van der Waals surface area contributed by atoms with E-state index in [1.807, 2.05) is 13.8 Å². The molecule has 0 saturated heterocycles. The second-order valence-corrected chi connectivity index (χ2v) is 4.21. The molecule has 114 valence electrons. The first-order chi connectivity index (χ1) is 9.80. The fraction of sp³-hybridized carbons (Fsp3) is 0.769. The van der Waals surface area contributed by atoms with Gasteiger partial charge in [0, 0.05) is 26.8 Å². The number of methoxy groups -OCH3 is 1. The van der Waals surface area contributed by atoms with Gasteiger partial charge >= 0.3 is 6.01 Å². The van der Waals surface area contributed by atoms with E-state index >= 15 is 0 Å². The Kier molecular flexibility index (Phi) is 8.37.